The Kier molecular flexibility index (Phi) is 7.84. The number of ether oxygens (including phenoxy) is 1. The van der Waals surface area contributed by atoms with Gasteiger partial charge in [-0.2, -0.15) is 8.78 Å². The van der Waals surface area contributed by atoms with Crippen LogP contribution in [0.2, 0.25) is 0 Å². The first kappa shape index (κ1) is 24.4. The first-order valence-corrected chi connectivity index (χ1v) is 11.0. The molecule has 1 aromatic heterocycles. The minimum absolute atomic E-state index is 0.0512. The number of aliphatic carboxylic acids is 1. The van der Waals surface area contributed by atoms with Crippen molar-refractivity contribution in [2.24, 2.45) is 11.8 Å². The Balaban J connectivity index is 1.86. The highest BCUT2D eigenvalue weighted by molar-refractivity contribution is 6.03. The number of aryl methyl sites for hydroxylation is 1. The molecule has 2 aromatic rings. The average molecular weight is 462 g/mol. The third-order valence-electron chi connectivity index (χ3n) is 5.77. The molecule has 1 fully saturated rings. The van der Waals surface area contributed by atoms with Crippen LogP contribution in [0.25, 0.3) is 0 Å². The minimum Gasteiger partial charge on any atom is -0.481 e. The maximum Gasteiger partial charge on any atom is 0.388 e. The number of urea groups is 1. The number of benzene rings is 1. The minimum atomic E-state index is -3.08. The molecule has 178 valence electrons. The first-order valence-electron chi connectivity index (χ1n) is 11.0. The zero-order valence-electron chi connectivity index (χ0n) is 18.9. The molecule has 2 amide bonds. The number of alkyl halides is 2. The third kappa shape index (κ3) is 6.40. The maximum absolute atomic E-state index is 13.4. The van der Waals surface area contributed by atoms with Crippen molar-refractivity contribution >= 4 is 23.4 Å². The fraction of sp³-hybridized carbons (Fsp3) is 0.458. The van der Waals surface area contributed by atoms with Crippen LogP contribution >= 0.6 is 0 Å². The number of aromatic nitrogens is 1. The topological polar surface area (TPSA) is 91.8 Å². The van der Waals surface area contributed by atoms with Crippen molar-refractivity contribution in [2.75, 3.05) is 16.8 Å². The van der Waals surface area contributed by atoms with Gasteiger partial charge in [-0.3, -0.25) is 9.69 Å². The van der Waals surface area contributed by atoms with Gasteiger partial charge in [-0.1, -0.05) is 32.0 Å². The highest BCUT2D eigenvalue weighted by Crippen LogP contribution is 2.38. The van der Waals surface area contributed by atoms with Gasteiger partial charge in [0.2, 0.25) is 5.88 Å². The van der Waals surface area contributed by atoms with E-state index in [1.807, 2.05) is 38.1 Å². The Labute approximate surface area is 191 Å². The Hall–Kier alpha value is -3.23. The van der Waals surface area contributed by atoms with Gasteiger partial charge in [0.1, 0.15) is 5.69 Å². The second kappa shape index (κ2) is 10.6. The molecule has 1 aromatic carbocycles. The lowest BCUT2D eigenvalue weighted by atomic mass is 9.73. The summed E-state index contributed by atoms with van der Waals surface area (Å²) in [5.41, 5.74) is 2.23. The molecule has 0 atom stereocenters. The number of carboxylic acid groups (broad SMARTS) is 1. The summed E-state index contributed by atoms with van der Waals surface area (Å²) in [6, 6.07) is 10.1. The smallest absolute Gasteiger partial charge is 0.388 e. The van der Waals surface area contributed by atoms with Crippen LogP contribution in [0.4, 0.5) is 25.0 Å². The van der Waals surface area contributed by atoms with Crippen LogP contribution in [-0.2, 0) is 4.79 Å². The van der Waals surface area contributed by atoms with Crippen molar-refractivity contribution in [2.45, 2.75) is 52.6 Å². The molecule has 1 aliphatic rings. The zero-order chi connectivity index (χ0) is 24.1. The lowest BCUT2D eigenvalue weighted by Gasteiger charge is -2.38. The second-order valence-corrected chi connectivity index (χ2v) is 8.74. The number of carboxylic acids is 1. The van der Waals surface area contributed by atoms with E-state index in [0.717, 1.165) is 11.3 Å². The number of carbonyl (C=O) groups excluding carboxylic acids is 1. The fourth-order valence-electron chi connectivity index (χ4n) is 4.19. The van der Waals surface area contributed by atoms with Gasteiger partial charge in [-0.05, 0) is 61.3 Å². The van der Waals surface area contributed by atoms with Gasteiger partial charge in [0, 0.05) is 24.3 Å². The monoisotopic (exact) mass is 461 g/mol. The van der Waals surface area contributed by atoms with Crippen molar-refractivity contribution in [3.05, 3.63) is 47.7 Å². The van der Waals surface area contributed by atoms with Gasteiger partial charge >= 0.3 is 18.6 Å². The van der Waals surface area contributed by atoms with Crippen molar-refractivity contribution in [3.63, 3.8) is 0 Å². The number of carbonyl (C=O) groups is 2. The normalized spacial score (nSPS) is 17.5. The van der Waals surface area contributed by atoms with Crippen LogP contribution < -0.4 is 15.0 Å². The number of pyridine rings is 1. The van der Waals surface area contributed by atoms with Crippen molar-refractivity contribution in [1.82, 2.24) is 4.98 Å². The third-order valence-corrected chi connectivity index (χ3v) is 5.77. The molecular weight excluding hydrogens is 432 g/mol. The fourth-order valence-corrected chi connectivity index (χ4v) is 4.19. The molecular formula is C24H29F2N3O4. The number of nitrogens with zero attached hydrogens (tertiary/aromatic N) is 2. The standard InChI is InChI=1S/C24H29F2N3O4/c1-14(2)18-6-4-5-7-20(18)29(13-17-10-16(11-17)12-21(30)31)24(32)28-19-9-8-15(3)27-22(19)33-23(25)26/h4-9,14,16-17,23H,10-13H2,1-3H3,(H,28,32)(H,30,31). The van der Waals surface area contributed by atoms with E-state index >= 15 is 0 Å². The summed E-state index contributed by atoms with van der Waals surface area (Å²) in [6.07, 6.45) is 1.55. The van der Waals surface area contributed by atoms with Gasteiger partial charge in [0.05, 0.1) is 0 Å². The van der Waals surface area contributed by atoms with Crippen LogP contribution in [-0.4, -0.2) is 35.2 Å². The van der Waals surface area contributed by atoms with E-state index < -0.39 is 18.6 Å². The summed E-state index contributed by atoms with van der Waals surface area (Å²) in [5.74, 6) is -0.771. The lowest BCUT2D eigenvalue weighted by Crippen LogP contribution is -2.43. The number of hydrogen-bond acceptors (Lipinski definition) is 4. The molecule has 1 heterocycles. The number of para-hydroxylation sites is 1. The number of halogens is 2. The molecule has 7 nitrogen and oxygen atoms in total. The molecule has 3 rings (SSSR count). The molecule has 1 aliphatic carbocycles. The van der Waals surface area contributed by atoms with Gasteiger partial charge < -0.3 is 15.2 Å². The predicted octanol–water partition coefficient (Wildman–Crippen LogP) is 5.65. The van der Waals surface area contributed by atoms with Gasteiger partial charge in [0.15, 0.2) is 0 Å². The zero-order valence-corrected chi connectivity index (χ0v) is 18.9. The molecule has 0 aliphatic heterocycles. The number of amides is 2. The van der Waals surface area contributed by atoms with Crippen molar-refractivity contribution in [1.29, 1.82) is 0 Å². The van der Waals surface area contributed by atoms with Gasteiger partial charge in [0.25, 0.3) is 0 Å². The second-order valence-electron chi connectivity index (χ2n) is 8.74. The van der Waals surface area contributed by atoms with E-state index in [2.05, 4.69) is 15.0 Å². The molecule has 0 unspecified atom stereocenters. The van der Waals surface area contributed by atoms with E-state index in [4.69, 9.17) is 5.11 Å². The average Bonchev–Trinajstić information content (AvgIpc) is 2.70. The van der Waals surface area contributed by atoms with Crippen LogP contribution in [0.3, 0.4) is 0 Å². The molecule has 0 saturated heterocycles. The molecule has 0 spiro atoms. The first-order chi connectivity index (χ1) is 15.6. The predicted molar refractivity (Wildman–Crippen MR) is 121 cm³/mol. The van der Waals surface area contributed by atoms with E-state index in [9.17, 15) is 18.4 Å². The Morgan fingerprint density at radius 2 is 1.88 bits per heavy atom. The summed E-state index contributed by atoms with van der Waals surface area (Å²) in [6.45, 7) is 3.00. The summed E-state index contributed by atoms with van der Waals surface area (Å²) in [7, 11) is 0. The largest absolute Gasteiger partial charge is 0.481 e. The molecule has 9 heteroatoms. The van der Waals surface area contributed by atoms with E-state index in [0.29, 0.717) is 25.1 Å². The SMILES string of the molecule is Cc1ccc(NC(=O)N(CC2CC(CC(=O)O)C2)c2ccccc2C(C)C)c(OC(F)F)n1. The molecule has 0 bridgehead atoms. The molecule has 33 heavy (non-hydrogen) atoms. The van der Waals surface area contributed by atoms with E-state index in [1.54, 1.807) is 17.9 Å². The number of hydrogen-bond donors (Lipinski definition) is 2. The Morgan fingerprint density at radius 1 is 1.18 bits per heavy atom. The summed E-state index contributed by atoms with van der Waals surface area (Å²) < 4.78 is 30.2. The van der Waals surface area contributed by atoms with Crippen molar-refractivity contribution in [3.8, 4) is 5.88 Å². The maximum atomic E-state index is 13.4. The van der Waals surface area contributed by atoms with Crippen LogP contribution in [0.1, 0.15) is 50.3 Å². The Bertz CT molecular complexity index is 993. The molecule has 1 saturated carbocycles. The highest BCUT2D eigenvalue weighted by atomic mass is 19.3. The van der Waals surface area contributed by atoms with E-state index in [1.165, 1.54) is 6.07 Å². The summed E-state index contributed by atoms with van der Waals surface area (Å²) >= 11 is 0. The number of nitrogens with one attached hydrogen (secondary N) is 1. The van der Waals surface area contributed by atoms with Gasteiger partial charge in [-0.15, -0.1) is 0 Å². The van der Waals surface area contributed by atoms with Crippen LogP contribution in [0, 0.1) is 18.8 Å². The highest BCUT2D eigenvalue weighted by Gasteiger charge is 2.34. The number of rotatable bonds is 9. The lowest BCUT2D eigenvalue weighted by molar-refractivity contribution is -0.139. The molecule has 2 N–H and O–H groups in total. The van der Waals surface area contributed by atoms with Crippen LogP contribution in [0.5, 0.6) is 5.88 Å². The quantitative estimate of drug-likeness (QED) is 0.503. The van der Waals surface area contributed by atoms with Crippen LogP contribution in [0.15, 0.2) is 36.4 Å². The Morgan fingerprint density at radius 3 is 2.52 bits per heavy atom. The van der Waals surface area contributed by atoms with Gasteiger partial charge in [-0.25, -0.2) is 9.78 Å². The summed E-state index contributed by atoms with van der Waals surface area (Å²) in [5, 5.41) is 11.7. The molecule has 0 radical (unpaired) electrons. The van der Waals surface area contributed by atoms with Crippen molar-refractivity contribution < 1.29 is 28.2 Å². The summed E-state index contributed by atoms with van der Waals surface area (Å²) in [4.78, 5) is 29.9. The number of anilines is 2. The van der Waals surface area contributed by atoms with E-state index in [-0.39, 0.29) is 35.7 Å².